The molecule has 1 heteroatoms. The molecule has 0 aromatic rings. The lowest BCUT2D eigenvalue weighted by molar-refractivity contribution is 0.243. The summed E-state index contributed by atoms with van der Waals surface area (Å²) in [7, 11) is 0. The van der Waals surface area contributed by atoms with Gasteiger partial charge in [-0.15, -0.1) is 0 Å². The molecular formula is C12H19N. The molecular weight excluding hydrogens is 158 g/mol. The molecule has 2 rings (SSSR count). The number of rotatable bonds is 0. The van der Waals surface area contributed by atoms with Crippen molar-refractivity contribution in [2.45, 2.75) is 39.2 Å². The van der Waals surface area contributed by atoms with Crippen LogP contribution >= 0.6 is 0 Å². The summed E-state index contributed by atoms with van der Waals surface area (Å²) in [5.41, 5.74) is 2.77. The van der Waals surface area contributed by atoms with E-state index in [0.29, 0.717) is 12.0 Å². The Labute approximate surface area is 81.1 Å². The van der Waals surface area contributed by atoms with Crippen molar-refractivity contribution in [3.8, 4) is 0 Å². The van der Waals surface area contributed by atoms with E-state index in [1.807, 2.05) is 0 Å². The molecule has 0 spiro atoms. The molecule has 0 amide bonds. The van der Waals surface area contributed by atoms with Gasteiger partial charge >= 0.3 is 0 Å². The zero-order valence-corrected chi connectivity index (χ0v) is 8.71. The van der Waals surface area contributed by atoms with E-state index in [2.05, 4.69) is 31.5 Å². The largest absolute Gasteiger partial charge is 0.374 e. The van der Waals surface area contributed by atoms with Crippen LogP contribution in [-0.2, 0) is 0 Å². The molecule has 2 bridgehead atoms. The summed E-state index contributed by atoms with van der Waals surface area (Å²) >= 11 is 0. The lowest BCUT2D eigenvalue weighted by atomic mass is 9.83. The van der Waals surface area contributed by atoms with Gasteiger partial charge in [0.25, 0.3) is 0 Å². The van der Waals surface area contributed by atoms with Gasteiger partial charge in [0.2, 0.25) is 0 Å². The Bertz CT molecular complexity index is 252. The Morgan fingerprint density at radius 3 is 3.00 bits per heavy atom. The van der Waals surface area contributed by atoms with Gasteiger partial charge in [-0.2, -0.15) is 0 Å². The van der Waals surface area contributed by atoms with Crippen molar-refractivity contribution < 1.29 is 0 Å². The quantitative estimate of drug-likeness (QED) is 0.550. The van der Waals surface area contributed by atoms with Crippen LogP contribution in [0, 0.1) is 5.92 Å². The average molecular weight is 177 g/mol. The molecule has 0 N–H and O–H groups in total. The Kier molecular flexibility index (Phi) is 2.19. The van der Waals surface area contributed by atoms with E-state index in [1.165, 1.54) is 37.0 Å². The summed E-state index contributed by atoms with van der Waals surface area (Å²) in [5.74, 6) is 0.715. The van der Waals surface area contributed by atoms with E-state index in [1.54, 1.807) is 0 Å². The summed E-state index contributed by atoms with van der Waals surface area (Å²) < 4.78 is 0. The van der Waals surface area contributed by atoms with Crippen molar-refractivity contribution in [2.75, 3.05) is 6.54 Å². The fraction of sp³-hybridized carbons (Fsp3) is 0.667. The predicted molar refractivity (Wildman–Crippen MR) is 56.4 cm³/mol. The molecule has 2 unspecified atom stereocenters. The third kappa shape index (κ3) is 1.41. The van der Waals surface area contributed by atoms with Crippen LogP contribution in [0.5, 0.6) is 0 Å². The van der Waals surface area contributed by atoms with Crippen molar-refractivity contribution in [1.82, 2.24) is 4.90 Å². The Morgan fingerprint density at radius 2 is 2.23 bits per heavy atom. The summed E-state index contributed by atoms with van der Waals surface area (Å²) in [6.45, 7) is 9.98. The first-order chi connectivity index (χ1) is 6.20. The highest BCUT2D eigenvalue weighted by atomic mass is 15.1. The molecule has 0 aromatic carbocycles. The van der Waals surface area contributed by atoms with E-state index >= 15 is 0 Å². The van der Waals surface area contributed by atoms with E-state index in [-0.39, 0.29) is 0 Å². The number of allylic oxidation sites excluding steroid dienone is 1. The maximum absolute atomic E-state index is 4.21. The van der Waals surface area contributed by atoms with Gasteiger partial charge < -0.3 is 4.90 Å². The maximum Gasteiger partial charge on any atom is 0.0324 e. The summed E-state index contributed by atoms with van der Waals surface area (Å²) in [6, 6.07) is 0.679. The van der Waals surface area contributed by atoms with Crippen LogP contribution in [0.25, 0.3) is 0 Å². The zero-order chi connectivity index (χ0) is 9.42. The van der Waals surface area contributed by atoms with Crippen LogP contribution in [0.3, 0.4) is 0 Å². The molecule has 13 heavy (non-hydrogen) atoms. The maximum atomic E-state index is 4.21. The number of fused-ring (bicyclic) bond motifs is 2. The highest BCUT2D eigenvalue weighted by molar-refractivity contribution is 5.32. The molecule has 2 atom stereocenters. The van der Waals surface area contributed by atoms with Gasteiger partial charge in [-0.1, -0.05) is 13.0 Å². The second-order valence-electron chi connectivity index (χ2n) is 4.42. The highest BCUT2D eigenvalue weighted by Crippen LogP contribution is 2.35. The monoisotopic (exact) mass is 177 g/mol. The predicted octanol–water partition coefficient (Wildman–Crippen LogP) is 2.95. The van der Waals surface area contributed by atoms with E-state index in [4.69, 9.17) is 0 Å². The molecule has 0 aromatic heterocycles. The lowest BCUT2D eigenvalue weighted by Crippen LogP contribution is -2.37. The minimum absolute atomic E-state index is 0.679. The molecule has 1 saturated heterocycles. The van der Waals surface area contributed by atoms with Crippen LogP contribution in [0.15, 0.2) is 23.9 Å². The standard InChI is InChI=1S/C12H19N/c1-9-8-13-7-5-4-6-12(10(9)2)11(13)3/h8,11-12H,2,4-7H2,1,3H3. The van der Waals surface area contributed by atoms with Crippen molar-refractivity contribution in [2.24, 2.45) is 5.92 Å². The van der Waals surface area contributed by atoms with Gasteiger partial charge in [-0.25, -0.2) is 0 Å². The van der Waals surface area contributed by atoms with Gasteiger partial charge in [0.15, 0.2) is 0 Å². The SMILES string of the molecule is C=C1C(C)=CN2CCCCC1C2C. The molecule has 72 valence electrons. The van der Waals surface area contributed by atoms with Gasteiger partial charge in [-0.05, 0) is 37.8 Å². The second kappa shape index (κ2) is 3.21. The smallest absolute Gasteiger partial charge is 0.0324 e. The average Bonchev–Trinajstić information content (AvgIpc) is 2.23. The van der Waals surface area contributed by atoms with Crippen molar-refractivity contribution in [1.29, 1.82) is 0 Å². The molecule has 1 fully saturated rings. The molecule has 1 nitrogen and oxygen atoms in total. The molecule has 0 aliphatic carbocycles. The van der Waals surface area contributed by atoms with E-state index < -0.39 is 0 Å². The van der Waals surface area contributed by atoms with Crippen molar-refractivity contribution >= 4 is 0 Å². The van der Waals surface area contributed by atoms with E-state index in [9.17, 15) is 0 Å². The Morgan fingerprint density at radius 1 is 1.46 bits per heavy atom. The first-order valence-corrected chi connectivity index (χ1v) is 5.33. The molecule has 0 saturated carbocycles. The Hall–Kier alpha value is -0.720. The molecule has 2 heterocycles. The number of hydrogen-bond acceptors (Lipinski definition) is 1. The van der Waals surface area contributed by atoms with Gasteiger partial charge in [-0.3, -0.25) is 0 Å². The van der Waals surface area contributed by atoms with Crippen molar-refractivity contribution in [3.63, 3.8) is 0 Å². The van der Waals surface area contributed by atoms with Gasteiger partial charge in [0.1, 0.15) is 0 Å². The fourth-order valence-corrected chi connectivity index (χ4v) is 2.61. The third-order valence-electron chi connectivity index (χ3n) is 3.60. The summed E-state index contributed by atoms with van der Waals surface area (Å²) in [4.78, 5) is 2.50. The highest BCUT2D eigenvalue weighted by Gasteiger charge is 2.30. The first kappa shape index (κ1) is 8.86. The number of nitrogens with zero attached hydrogens (tertiary/aromatic N) is 1. The third-order valence-corrected chi connectivity index (χ3v) is 3.60. The van der Waals surface area contributed by atoms with E-state index in [0.717, 1.165) is 0 Å². The summed E-state index contributed by atoms with van der Waals surface area (Å²) in [5, 5.41) is 0. The van der Waals surface area contributed by atoms with Crippen molar-refractivity contribution in [3.05, 3.63) is 23.9 Å². The van der Waals surface area contributed by atoms with Crippen LogP contribution in [0.4, 0.5) is 0 Å². The topological polar surface area (TPSA) is 3.24 Å². The molecule has 2 aliphatic rings. The fourth-order valence-electron chi connectivity index (χ4n) is 2.61. The minimum Gasteiger partial charge on any atom is -0.374 e. The number of hydrogen-bond donors (Lipinski definition) is 0. The molecule has 2 aliphatic heterocycles. The normalized spacial score (nSPS) is 34.2. The zero-order valence-electron chi connectivity index (χ0n) is 8.71. The molecule has 0 radical (unpaired) electrons. The Balaban J connectivity index is 2.32. The minimum atomic E-state index is 0.679. The summed E-state index contributed by atoms with van der Waals surface area (Å²) in [6.07, 6.45) is 6.35. The first-order valence-electron chi connectivity index (χ1n) is 5.33. The van der Waals surface area contributed by atoms with Crippen LogP contribution in [0.2, 0.25) is 0 Å². The lowest BCUT2D eigenvalue weighted by Gasteiger charge is -2.38. The van der Waals surface area contributed by atoms with Gasteiger partial charge in [0, 0.05) is 24.7 Å². The van der Waals surface area contributed by atoms with Gasteiger partial charge in [0.05, 0.1) is 0 Å². The second-order valence-corrected chi connectivity index (χ2v) is 4.42. The van der Waals surface area contributed by atoms with Crippen LogP contribution in [-0.4, -0.2) is 17.5 Å². The van der Waals surface area contributed by atoms with Crippen LogP contribution < -0.4 is 0 Å². The van der Waals surface area contributed by atoms with Crippen LogP contribution in [0.1, 0.15) is 33.1 Å².